The number of unbranched alkanes of at least 4 members (excludes halogenated alkanes) is 1. The number of hydrogen-bond donors (Lipinski definition) is 2. The number of carbonyl (C=O) groups is 1. The Hall–Kier alpha value is -1.80. The minimum absolute atomic E-state index is 0.139. The molecule has 7 nitrogen and oxygen atoms in total. The van der Waals surface area contributed by atoms with Gasteiger partial charge in [-0.05, 0) is 52.1 Å². The molecule has 1 saturated heterocycles. The van der Waals surface area contributed by atoms with Gasteiger partial charge >= 0.3 is 0 Å². The maximum atomic E-state index is 12.1. The maximum absolute atomic E-state index is 12.1. The number of piperidine rings is 1. The first kappa shape index (κ1) is 17.0. The molecule has 0 saturated carbocycles. The monoisotopic (exact) mass is 348 g/mol. The summed E-state index contributed by atoms with van der Waals surface area (Å²) in [7, 11) is 0. The van der Waals surface area contributed by atoms with Crippen LogP contribution < -0.4 is 10.6 Å². The Morgan fingerprint density at radius 3 is 3.00 bits per heavy atom. The summed E-state index contributed by atoms with van der Waals surface area (Å²) in [6, 6.07) is 0.349. The first-order valence-corrected chi connectivity index (χ1v) is 9.42. The molecule has 2 N–H and O–H groups in total. The van der Waals surface area contributed by atoms with Crippen molar-refractivity contribution in [3.63, 3.8) is 0 Å². The van der Waals surface area contributed by atoms with Gasteiger partial charge in [-0.15, -0.1) is 16.4 Å². The Kier molecular flexibility index (Phi) is 5.92. The Morgan fingerprint density at radius 2 is 2.25 bits per heavy atom. The highest BCUT2D eigenvalue weighted by Crippen LogP contribution is 2.17. The van der Waals surface area contributed by atoms with E-state index in [2.05, 4.69) is 31.3 Å². The molecule has 8 heteroatoms. The SMILES string of the molecule is Cc1csc(CCCCNC(=O)c2cn(C3CCNCC3)nn2)n1. The molecule has 24 heavy (non-hydrogen) atoms. The molecule has 0 aliphatic carbocycles. The van der Waals surface area contributed by atoms with Gasteiger partial charge in [0.1, 0.15) is 0 Å². The standard InChI is InChI=1S/C16H24N6OS/c1-12-11-24-15(19-12)4-2-3-7-18-16(23)14-10-22(21-20-14)13-5-8-17-9-6-13/h10-11,13,17H,2-9H2,1H3,(H,18,23). The second kappa shape index (κ2) is 8.34. The number of aromatic nitrogens is 4. The fourth-order valence-electron chi connectivity index (χ4n) is 2.84. The summed E-state index contributed by atoms with van der Waals surface area (Å²) in [6.45, 7) is 4.65. The van der Waals surface area contributed by atoms with E-state index in [1.165, 1.54) is 5.01 Å². The molecule has 2 aromatic rings. The normalized spacial score (nSPS) is 15.5. The molecule has 2 aromatic heterocycles. The van der Waals surface area contributed by atoms with E-state index in [0.29, 0.717) is 18.3 Å². The third kappa shape index (κ3) is 4.61. The summed E-state index contributed by atoms with van der Waals surface area (Å²) in [6.07, 6.45) is 6.76. The lowest BCUT2D eigenvalue weighted by Crippen LogP contribution is -2.29. The number of amides is 1. The van der Waals surface area contributed by atoms with E-state index in [1.807, 2.05) is 11.6 Å². The first-order chi connectivity index (χ1) is 11.7. The van der Waals surface area contributed by atoms with Gasteiger partial charge in [-0.1, -0.05) is 5.21 Å². The van der Waals surface area contributed by atoms with Gasteiger partial charge in [0.25, 0.3) is 5.91 Å². The largest absolute Gasteiger partial charge is 0.351 e. The zero-order valence-electron chi connectivity index (χ0n) is 14.0. The topological polar surface area (TPSA) is 84.7 Å². The highest BCUT2D eigenvalue weighted by molar-refractivity contribution is 7.09. The van der Waals surface area contributed by atoms with Crippen LogP contribution in [0, 0.1) is 6.92 Å². The third-order valence-corrected chi connectivity index (χ3v) is 5.22. The van der Waals surface area contributed by atoms with E-state index in [9.17, 15) is 4.79 Å². The van der Waals surface area contributed by atoms with Crippen LogP contribution in [0.1, 0.15) is 52.9 Å². The number of thiazole rings is 1. The van der Waals surface area contributed by atoms with Gasteiger partial charge in [-0.25, -0.2) is 9.67 Å². The van der Waals surface area contributed by atoms with Crippen molar-refractivity contribution < 1.29 is 4.79 Å². The third-order valence-electron chi connectivity index (χ3n) is 4.20. The molecule has 0 unspecified atom stereocenters. The number of nitrogens with one attached hydrogen (secondary N) is 2. The van der Waals surface area contributed by atoms with Crippen LogP contribution in [0.4, 0.5) is 0 Å². The van der Waals surface area contributed by atoms with Gasteiger partial charge in [0.2, 0.25) is 0 Å². The van der Waals surface area contributed by atoms with Gasteiger partial charge < -0.3 is 10.6 Å². The molecule has 130 valence electrons. The number of aryl methyl sites for hydroxylation is 2. The summed E-state index contributed by atoms with van der Waals surface area (Å²) >= 11 is 1.70. The molecule has 0 atom stereocenters. The summed E-state index contributed by atoms with van der Waals surface area (Å²) in [5, 5.41) is 17.6. The summed E-state index contributed by atoms with van der Waals surface area (Å²) in [5.74, 6) is -0.139. The lowest BCUT2D eigenvalue weighted by atomic mass is 10.1. The van der Waals surface area contributed by atoms with Crippen LogP contribution in [0.15, 0.2) is 11.6 Å². The van der Waals surface area contributed by atoms with Crippen molar-refractivity contribution in [2.24, 2.45) is 0 Å². The molecular formula is C16H24N6OS. The number of rotatable bonds is 7. The van der Waals surface area contributed by atoms with Gasteiger partial charge in [0.15, 0.2) is 5.69 Å². The van der Waals surface area contributed by atoms with Gasteiger partial charge in [0.05, 0.1) is 17.2 Å². The highest BCUT2D eigenvalue weighted by Gasteiger charge is 2.18. The lowest BCUT2D eigenvalue weighted by molar-refractivity contribution is 0.0948. The van der Waals surface area contributed by atoms with Crippen LogP contribution in [0.5, 0.6) is 0 Å². The Labute approximate surface area is 145 Å². The zero-order chi connectivity index (χ0) is 16.8. The van der Waals surface area contributed by atoms with Crippen molar-refractivity contribution in [1.82, 2.24) is 30.6 Å². The fourth-order valence-corrected chi connectivity index (χ4v) is 3.66. The minimum Gasteiger partial charge on any atom is -0.351 e. The Balaban J connectivity index is 1.38. The molecule has 3 heterocycles. The van der Waals surface area contributed by atoms with Crippen molar-refractivity contribution in [3.05, 3.63) is 28.0 Å². The van der Waals surface area contributed by atoms with Crippen molar-refractivity contribution in [3.8, 4) is 0 Å². The number of hydrogen-bond acceptors (Lipinski definition) is 6. The maximum Gasteiger partial charge on any atom is 0.273 e. The minimum atomic E-state index is -0.139. The summed E-state index contributed by atoms with van der Waals surface area (Å²) in [5.41, 5.74) is 1.49. The van der Waals surface area contributed by atoms with Gasteiger partial charge in [-0.3, -0.25) is 4.79 Å². The molecule has 3 rings (SSSR count). The molecule has 0 bridgehead atoms. The van der Waals surface area contributed by atoms with Crippen molar-refractivity contribution in [2.45, 2.75) is 45.1 Å². The Bertz CT molecular complexity index is 661. The molecule has 1 fully saturated rings. The van der Waals surface area contributed by atoms with Crippen molar-refractivity contribution >= 4 is 17.2 Å². The molecule has 1 aliphatic heterocycles. The molecule has 0 spiro atoms. The van der Waals surface area contributed by atoms with Crippen LogP contribution >= 0.6 is 11.3 Å². The average molecular weight is 348 g/mol. The fraction of sp³-hybridized carbons (Fsp3) is 0.625. The van der Waals surface area contributed by atoms with E-state index in [0.717, 1.165) is 50.9 Å². The van der Waals surface area contributed by atoms with Gasteiger partial charge in [-0.2, -0.15) is 0 Å². The van der Waals surface area contributed by atoms with Crippen molar-refractivity contribution in [1.29, 1.82) is 0 Å². The van der Waals surface area contributed by atoms with E-state index in [1.54, 1.807) is 17.5 Å². The second-order valence-electron chi connectivity index (χ2n) is 6.16. The quantitative estimate of drug-likeness (QED) is 0.744. The average Bonchev–Trinajstić information content (AvgIpc) is 3.24. The zero-order valence-corrected chi connectivity index (χ0v) is 14.8. The van der Waals surface area contributed by atoms with Crippen LogP contribution in [0.25, 0.3) is 0 Å². The van der Waals surface area contributed by atoms with E-state index in [4.69, 9.17) is 0 Å². The van der Waals surface area contributed by atoms with Crippen LogP contribution in [-0.2, 0) is 6.42 Å². The Morgan fingerprint density at radius 1 is 1.42 bits per heavy atom. The molecule has 1 amide bonds. The summed E-state index contributed by atoms with van der Waals surface area (Å²) < 4.78 is 1.83. The number of carbonyl (C=O) groups excluding carboxylic acids is 1. The molecule has 0 radical (unpaired) electrons. The molecule has 0 aromatic carbocycles. The van der Waals surface area contributed by atoms with Gasteiger partial charge in [0, 0.05) is 17.6 Å². The second-order valence-corrected chi connectivity index (χ2v) is 7.10. The number of nitrogens with zero attached hydrogens (tertiary/aromatic N) is 4. The van der Waals surface area contributed by atoms with Crippen LogP contribution in [0.2, 0.25) is 0 Å². The highest BCUT2D eigenvalue weighted by atomic mass is 32.1. The van der Waals surface area contributed by atoms with Crippen LogP contribution in [0.3, 0.4) is 0 Å². The lowest BCUT2D eigenvalue weighted by Gasteiger charge is -2.22. The van der Waals surface area contributed by atoms with Crippen LogP contribution in [-0.4, -0.2) is 45.5 Å². The van der Waals surface area contributed by atoms with Crippen molar-refractivity contribution in [2.75, 3.05) is 19.6 Å². The first-order valence-electron chi connectivity index (χ1n) is 8.54. The molecular weight excluding hydrogens is 324 g/mol. The van der Waals surface area contributed by atoms with E-state index in [-0.39, 0.29) is 5.91 Å². The summed E-state index contributed by atoms with van der Waals surface area (Å²) in [4.78, 5) is 16.6. The van der Waals surface area contributed by atoms with E-state index < -0.39 is 0 Å². The molecule has 1 aliphatic rings. The predicted octanol–water partition coefficient (Wildman–Crippen LogP) is 1.72. The van der Waals surface area contributed by atoms with E-state index >= 15 is 0 Å². The predicted molar refractivity (Wildman–Crippen MR) is 93.3 cm³/mol. The smallest absolute Gasteiger partial charge is 0.273 e.